The van der Waals surface area contributed by atoms with Crippen molar-refractivity contribution in [2.45, 2.75) is 25.8 Å². The zero-order valence-corrected chi connectivity index (χ0v) is 29.6. The topological polar surface area (TPSA) is 165 Å². The van der Waals surface area contributed by atoms with Crippen LogP contribution in [0.5, 0.6) is 17.2 Å². The Labute approximate surface area is 295 Å². The molecular formula is C33H28BrF2N3O8S2. The predicted molar refractivity (Wildman–Crippen MR) is 180 cm³/mol. The monoisotopic (exact) mass is 775 g/mol. The molecule has 0 aliphatic carbocycles. The molecule has 3 aromatic carbocycles. The Balaban J connectivity index is 0.000000320. The number of aromatic nitrogens is 2. The van der Waals surface area contributed by atoms with Crippen molar-refractivity contribution in [2.75, 3.05) is 14.2 Å². The van der Waals surface area contributed by atoms with Gasteiger partial charge < -0.3 is 19.9 Å². The summed E-state index contributed by atoms with van der Waals surface area (Å²) in [6.07, 6.45) is 0.500. The Kier molecular flexibility index (Phi) is 16.6. The van der Waals surface area contributed by atoms with E-state index in [0.717, 1.165) is 61.4 Å². The molecule has 0 aliphatic heterocycles. The number of carbonyl (C=O) groups is 1. The Hall–Kier alpha value is -5.11. The summed E-state index contributed by atoms with van der Waals surface area (Å²) in [4.78, 5) is 55.0. The van der Waals surface area contributed by atoms with Gasteiger partial charge in [-0.1, -0.05) is 15.9 Å². The third-order valence-corrected chi connectivity index (χ3v) is 8.99. The molecule has 0 aliphatic rings. The summed E-state index contributed by atoms with van der Waals surface area (Å²) in [6, 6.07) is 17.5. The largest absolute Gasteiger partial charge is 0.497 e. The lowest BCUT2D eigenvalue weighted by atomic mass is 10.1. The predicted octanol–water partition coefficient (Wildman–Crippen LogP) is 6.94. The third-order valence-electron chi connectivity index (χ3n) is 6.18. The van der Waals surface area contributed by atoms with Crippen LogP contribution < -0.4 is 19.9 Å². The second-order valence-corrected chi connectivity index (χ2v) is 12.3. The maximum atomic E-state index is 14.2. The highest BCUT2D eigenvalue weighted by Gasteiger charge is 2.20. The van der Waals surface area contributed by atoms with Gasteiger partial charge in [0.05, 0.1) is 30.9 Å². The molecule has 256 valence electrons. The lowest BCUT2D eigenvalue weighted by Crippen LogP contribution is -2.16. The third kappa shape index (κ3) is 11.5. The molecule has 0 atom stereocenters. The number of aryl methyl sites for hydroxylation is 2. The summed E-state index contributed by atoms with van der Waals surface area (Å²) in [6.45, 7) is 4.00. The molecule has 2 N–H and O–H groups in total. The van der Waals surface area contributed by atoms with Gasteiger partial charge in [-0.05, 0) is 74.5 Å². The first-order valence-corrected chi connectivity index (χ1v) is 16.4. The van der Waals surface area contributed by atoms with Crippen molar-refractivity contribution in [2.24, 2.45) is 5.73 Å². The minimum absolute atomic E-state index is 0.0254. The number of benzene rings is 3. The fraction of sp³-hybridized carbons (Fsp3) is 0.182. The first-order valence-electron chi connectivity index (χ1n) is 13.6. The van der Waals surface area contributed by atoms with Crippen LogP contribution in [0.3, 0.4) is 0 Å². The van der Waals surface area contributed by atoms with E-state index in [-0.39, 0.29) is 24.7 Å². The van der Waals surface area contributed by atoms with E-state index in [0.29, 0.717) is 5.01 Å². The number of halogens is 3. The number of methoxy groups -OCH3 is 2. The number of nitrogens with zero attached hydrogens (tertiary/aromatic N) is 2. The lowest BCUT2D eigenvalue weighted by molar-refractivity contribution is -0.193. The van der Waals surface area contributed by atoms with Gasteiger partial charge in [-0.2, -0.15) is 19.2 Å². The molecule has 5 rings (SSSR count). The summed E-state index contributed by atoms with van der Waals surface area (Å²) in [5.41, 5.74) is 8.11. The molecule has 1 amide bonds. The number of rotatable bonds is 9. The van der Waals surface area contributed by atoms with E-state index in [1.807, 2.05) is 55.5 Å². The quantitative estimate of drug-likeness (QED) is 0.155. The molecule has 0 fully saturated rings. The summed E-state index contributed by atoms with van der Waals surface area (Å²) in [5, 5.41) is 2.54. The summed E-state index contributed by atoms with van der Waals surface area (Å²) >= 11 is 6.56. The number of amides is 1. The Morgan fingerprint density at radius 1 is 0.776 bits per heavy atom. The molecule has 0 unspecified atom stereocenters. The highest BCUT2D eigenvalue weighted by atomic mass is 79.9. The van der Waals surface area contributed by atoms with Crippen molar-refractivity contribution in [3.05, 3.63) is 97.6 Å². The summed E-state index contributed by atoms with van der Waals surface area (Å²) < 4.78 is 43.4. The van der Waals surface area contributed by atoms with Crippen LogP contribution in [0.1, 0.15) is 30.1 Å². The van der Waals surface area contributed by atoms with Gasteiger partial charge in [-0.15, -0.1) is 22.7 Å². The molecule has 2 aromatic heterocycles. The van der Waals surface area contributed by atoms with Crippen LogP contribution in [0.4, 0.5) is 8.78 Å². The van der Waals surface area contributed by atoms with Crippen molar-refractivity contribution < 1.29 is 47.0 Å². The fourth-order valence-electron chi connectivity index (χ4n) is 4.07. The summed E-state index contributed by atoms with van der Waals surface area (Å²) in [5.74, 6) is -1.98. The maximum absolute atomic E-state index is 14.2. The highest BCUT2D eigenvalue weighted by Crippen LogP contribution is 2.31. The van der Waals surface area contributed by atoms with Crippen molar-refractivity contribution in [1.29, 1.82) is 0 Å². The van der Waals surface area contributed by atoms with Crippen molar-refractivity contribution in [1.82, 2.24) is 9.97 Å². The first-order chi connectivity index (χ1) is 23.5. The minimum atomic E-state index is -1.19. The molecule has 5 aromatic rings. The van der Waals surface area contributed by atoms with Crippen LogP contribution in [0.25, 0.3) is 22.5 Å². The van der Waals surface area contributed by atoms with E-state index in [4.69, 9.17) is 39.1 Å². The van der Waals surface area contributed by atoms with E-state index in [1.165, 1.54) is 16.2 Å². The van der Waals surface area contributed by atoms with E-state index in [1.54, 1.807) is 25.6 Å². The Morgan fingerprint density at radius 3 is 1.59 bits per heavy atom. The first kappa shape index (κ1) is 40.1. The molecule has 0 saturated heterocycles. The van der Waals surface area contributed by atoms with Gasteiger partial charge in [0, 0.05) is 20.9 Å². The van der Waals surface area contributed by atoms with Gasteiger partial charge >= 0.3 is 12.3 Å². The number of primary amides is 1. The standard InChI is InChI=1S/C19H16F2N2O3S.C12H12BrNOS.2CO2/c1-10-18(11-3-5-12(25-2)6-4-11)23-15(27-10)9-26-14-8-7-13(20)16(17(14)21)19(22)24;1-8-12(14-11(7-13)16-8)9-3-5-10(15-2)6-4-9;2*2-1-3/h3-8H,9H2,1-2H3,(H2,22,24);3-6H,7H2,1-2H3;;. The van der Waals surface area contributed by atoms with Gasteiger partial charge in [0.15, 0.2) is 11.6 Å². The average molecular weight is 777 g/mol. The van der Waals surface area contributed by atoms with Crippen LogP contribution in [0.2, 0.25) is 0 Å². The van der Waals surface area contributed by atoms with Crippen molar-refractivity contribution >= 4 is 56.8 Å². The van der Waals surface area contributed by atoms with Gasteiger partial charge in [-0.3, -0.25) is 4.79 Å². The van der Waals surface area contributed by atoms with E-state index in [9.17, 15) is 13.6 Å². The number of nitrogens with two attached hydrogens (primary N) is 1. The van der Waals surface area contributed by atoms with E-state index < -0.39 is 23.1 Å². The SMILES string of the molecule is COc1ccc(-c2nc(CBr)sc2C)cc1.COc1ccc(-c2nc(COc3ccc(F)c(C(N)=O)c3F)sc2C)cc1.O=C=O.O=C=O. The van der Waals surface area contributed by atoms with Crippen LogP contribution in [0, 0.1) is 25.5 Å². The van der Waals surface area contributed by atoms with Crippen LogP contribution in [0.15, 0.2) is 60.7 Å². The lowest BCUT2D eigenvalue weighted by Gasteiger charge is -2.08. The number of alkyl halides is 1. The van der Waals surface area contributed by atoms with Crippen LogP contribution >= 0.6 is 38.6 Å². The molecule has 49 heavy (non-hydrogen) atoms. The molecule has 2 heterocycles. The van der Waals surface area contributed by atoms with Crippen molar-refractivity contribution in [3.8, 4) is 39.8 Å². The van der Waals surface area contributed by atoms with Gasteiger partial charge in [0.2, 0.25) is 0 Å². The smallest absolute Gasteiger partial charge is 0.373 e. The molecule has 11 nitrogen and oxygen atoms in total. The van der Waals surface area contributed by atoms with Crippen LogP contribution in [-0.2, 0) is 31.1 Å². The van der Waals surface area contributed by atoms with Gasteiger partial charge in [0.25, 0.3) is 5.91 Å². The maximum Gasteiger partial charge on any atom is 0.373 e. The molecule has 0 spiro atoms. The number of hydrogen-bond donors (Lipinski definition) is 1. The molecule has 0 radical (unpaired) electrons. The normalized spacial score (nSPS) is 9.61. The molecule has 0 bridgehead atoms. The Bertz CT molecular complexity index is 1890. The van der Waals surface area contributed by atoms with Crippen molar-refractivity contribution in [3.63, 3.8) is 0 Å². The van der Waals surface area contributed by atoms with Gasteiger partial charge in [0.1, 0.15) is 39.5 Å². The molecule has 16 heteroatoms. The second kappa shape index (κ2) is 20.3. The number of ether oxygens (including phenoxy) is 3. The fourth-order valence-corrected chi connectivity index (χ4v) is 6.21. The Morgan fingerprint density at radius 2 is 1.20 bits per heavy atom. The van der Waals surface area contributed by atoms with Crippen LogP contribution in [-0.4, -0.2) is 42.4 Å². The molecule has 0 saturated carbocycles. The highest BCUT2D eigenvalue weighted by molar-refractivity contribution is 9.08. The van der Waals surface area contributed by atoms with E-state index >= 15 is 0 Å². The molecular weight excluding hydrogens is 748 g/mol. The number of carbonyl (C=O) groups excluding carboxylic acids is 5. The average Bonchev–Trinajstić information content (AvgIpc) is 3.66. The minimum Gasteiger partial charge on any atom is -0.497 e. The number of hydrogen-bond acceptors (Lipinski definition) is 12. The van der Waals surface area contributed by atoms with Gasteiger partial charge in [-0.25, -0.2) is 18.7 Å². The van der Waals surface area contributed by atoms with E-state index in [2.05, 4.69) is 32.8 Å². The zero-order valence-electron chi connectivity index (χ0n) is 26.4. The zero-order chi connectivity index (χ0) is 36.5. The second-order valence-electron chi connectivity index (χ2n) is 9.17. The number of thiazole rings is 2. The summed E-state index contributed by atoms with van der Waals surface area (Å²) in [7, 11) is 3.27.